The monoisotopic (exact) mass is 192 g/mol. The molecule has 0 aromatic carbocycles. The zero-order valence-electron chi connectivity index (χ0n) is 8.25. The van der Waals surface area contributed by atoms with E-state index in [4.69, 9.17) is 10.5 Å². The highest BCUT2D eigenvalue weighted by Gasteiger charge is 2.63. The van der Waals surface area contributed by atoms with Gasteiger partial charge < -0.3 is 15.5 Å². The summed E-state index contributed by atoms with van der Waals surface area (Å²) in [6.45, 7) is 2.46. The third kappa shape index (κ3) is 0.842. The third-order valence-corrected chi connectivity index (χ3v) is 4.07. The molecule has 0 spiro atoms. The van der Waals surface area contributed by atoms with Crippen molar-refractivity contribution in [1.29, 1.82) is 0 Å². The molecule has 1 aromatic rings. The van der Waals surface area contributed by atoms with Gasteiger partial charge in [0.05, 0.1) is 18.6 Å². The Labute approximate surface area is 83.6 Å². The summed E-state index contributed by atoms with van der Waals surface area (Å²) in [5.41, 5.74) is 7.74. The topological polar surface area (TPSA) is 51.0 Å². The molecule has 2 aliphatic rings. The Hall–Kier alpha value is -0.800. The van der Waals surface area contributed by atoms with Crippen LogP contribution in [0.5, 0.6) is 0 Å². The van der Waals surface area contributed by atoms with Crippen molar-refractivity contribution in [2.75, 3.05) is 19.8 Å². The predicted molar refractivity (Wildman–Crippen MR) is 54.0 cm³/mol. The molecule has 14 heavy (non-hydrogen) atoms. The number of H-pyrrole nitrogens is 1. The number of nitrogens with two attached hydrogens (primary N) is 1. The van der Waals surface area contributed by atoms with E-state index in [0.29, 0.717) is 5.41 Å². The molecule has 0 radical (unpaired) electrons. The molecule has 1 saturated carbocycles. The Kier molecular flexibility index (Phi) is 1.59. The lowest BCUT2D eigenvalue weighted by Crippen LogP contribution is -2.56. The second-order valence-electron chi connectivity index (χ2n) is 4.64. The van der Waals surface area contributed by atoms with Gasteiger partial charge in [0.25, 0.3) is 0 Å². The van der Waals surface area contributed by atoms with Crippen molar-refractivity contribution < 1.29 is 4.74 Å². The summed E-state index contributed by atoms with van der Waals surface area (Å²) >= 11 is 0. The van der Waals surface area contributed by atoms with Gasteiger partial charge in [-0.05, 0) is 36.9 Å². The highest BCUT2D eigenvalue weighted by molar-refractivity contribution is 5.30. The number of ether oxygens (including phenoxy) is 1. The first kappa shape index (κ1) is 8.50. The first-order chi connectivity index (χ1) is 6.83. The molecule has 3 heteroatoms. The van der Waals surface area contributed by atoms with Gasteiger partial charge in [-0.3, -0.25) is 0 Å². The summed E-state index contributed by atoms with van der Waals surface area (Å²) in [7, 11) is 0. The molecule has 1 aromatic heterocycles. The van der Waals surface area contributed by atoms with E-state index in [0.717, 1.165) is 19.8 Å². The fraction of sp³-hybridized carbons (Fsp3) is 0.636. The van der Waals surface area contributed by atoms with E-state index in [2.05, 4.69) is 17.1 Å². The molecule has 76 valence electrons. The van der Waals surface area contributed by atoms with Crippen molar-refractivity contribution in [3.05, 3.63) is 24.0 Å². The zero-order chi connectivity index (χ0) is 9.65. The van der Waals surface area contributed by atoms with Crippen molar-refractivity contribution in [3.8, 4) is 0 Å². The molecule has 3 N–H and O–H groups in total. The van der Waals surface area contributed by atoms with Crippen LogP contribution in [-0.4, -0.2) is 24.7 Å². The first-order valence-corrected chi connectivity index (χ1v) is 5.25. The maximum atomic E-state index is 5.90. The molecule has 0 unspecified atom stereocenters. The van der Waals surface area contributed by atoms with E-state index in [-0.39, 0.29) is 5.41 Å². The van der Waals surface area contributed by atoms with E-state index < -0.39 is 0 Å². The molecule has 1 aliphatic carbocycles. The molecule has 1 aliphatic heterocycles. The summed E-state index contributed by atoms with van der Waals surface area (Å²) in [5, 5.41) is 0. The summed E-state index contributed by atoms with van der Waals surface area (Å²) in [5.74, 6) is 0. The molecule has 1 saturated heterocycles. The Bertz CT molecular complexity index is 323. The van der Waals surface area contributed by atoms with Crippen LogP contribution in [0.25, 0.3) is 0 Å². The summed E-state index contributed by atoms with van der Waals surface area (Å²) < 4.78 is 5.41. The average Bonchev–Trinajstić information content (AvgIpc) is 2.72. The van der Waals surface area contributed by atoms with Crippen LogP contribution in [0.2, 0.25) is 0 Å². The van der Waals surface area contributed by atoms with Gasteiger partial charge in [0.2, 0.25) is 0 Å². The molecular formula is C11H16N2O. The Morgan fingerprint density at radius 1 is 1.43 bits per heavy atom. The standard InChI is InChI=1S/C11H16N2O/c12-6-10(3-4-10)11(7-14-8-11)9-2-1-5-13-9/h1-2,5,13H,3-4,6-8,12H2. The predicted octanol–water partition coefficient (Wildman–Crippen LogP) is 1.02. The van der Waals surface area contributed by atoms with Gasteiger partial charge in [0, 0.05) is 11.9 Å². The molecule has 0 atom stereocenters. The summed E-state index contributed by atoms with van der Waals surface area (Å²) in [4.78, 5) is 3.32. The normalized spacial score (nSPS) is 26.9. The molecule has 3 nitrogen and oxygen atoms in total. The quantitative estimate of drug-likeness (QED) is 0.751. The van der Waals surface area contributed by atoms with Gasteiger partial charge in [0.1, 0.15) is 0 Å². The number of nitrogens with one attached hydrogen (secondary N) is 1. The largest absolute Gasteiger partial charge is 0.379 e. The molecule has 3 rings (SSSR count). The minimum absolute atomic E-state index is 0.200. The van der Waals surface area contributed by atoms with Crippen LogP contribution in [0, 0.1) is 5.41 Å². The highest BCUT2D eigenvalue weighted by Crippen LogP contribution is 2.61. The number of hydrogen-bond donors (Lipinski definition) is 2. The highest BCUT2D eigenvalue weighted by atomic mass is 16.5. The first-order valence-electron chi connectivity index (χ1n) is 5.25. The van der Waals surface area contributed by atoms with E-state index in [1.165, 1.54) is 18.5 Å². The second kappa shape index (κ2) is 2.61. The molecular weight excluding hydrogens is 176 g/mol. The van der Waals surface area contributed by atoms with Crippen molar-refractivity contribution in [1.82, 2.24) is 4.98 Å². The van der Waals surface area contributed by atoms with Crippen LogP contribution < -0.4 is 5.73 Å². The number of hydrogen-bond acceptors (Lipinski definition) is 2. The maximum Gasteiger partial charge on any atom is 0.0638 e. The lowest BCUT2D eigenvalue weighted by Gasteiger charge is -2.47. The smallest absolute Gasteiger partial charge is 0.0638 e. The van der Waals surface area contributed by atoms with E-state index >= 15 is 0 Å². The van der Waals surface area contributed by atoms with Gasteiger partial charge >= 0.3 is 0 Å². The fourth-order valence-corrected chi connectivity index (χ4v) is 2.71. The van der Waals surface area contributed by atoms with Gasteiger partial charge in [-0.2, -0.15) is 0 Å². The number of rotatable bonds is 3. The van der Waals surface area contributed by atoms with Crippen LogP contribution in [-0.2, 0) is 10.2 Å². The summed E-state index contributed by atoms with van der Waals surface area (Å²) in [6.07, 6.45) is 4.50. The van der Waals surface area contributed by atoms with Crippen molar-refractivity contribution >= 4 is 0 Å². The van der Waals surface area contributed by atoms with Crippen molar-refractivity contribution in [2.45, 2.75) is 18.3 Å². The van der Waals surface area contributed by atoms with Crippen LogP contribution in [0.3, 0.4) is 0 Å². The second-order valence-corrected chi connectivity index (χ2v) is 4.64. The number of aromatic nitrogens is 1. The average molecular weight is 192 g/mol. The molecule has 2 heterocycles. The van der Waals surface area contributed by atoms with Crippen LogP contribution >= 0.6 is 0 Å². The van der Waals surface area contributed by atoms with E-state index in [1.54, 1.807) is 0 Å². The minimum Gasteiger partial charge on any atom is -0.379 e. The van der Waals surface area contributed by atoms with Gasteiger partial charge in [0.15, 0.2) is 0 Å². The van der Waals surface area contributed by atoms with E-state index in [9.17, 15) is 0 Å². The number of aromatic amines is 1. The van der Waals surface area contributed by atoms with E-state index in [1.807, 2.05) is 6.20 Å². The molecule has 2 fully saturated rings. The fourth-order valence-electron chi connectivity index (χ4n) is 2.71. The Balaban J connectivity index is 1.99. The lowest BCUT2D eigenvalue weighted by atomic mass is 9.68. The molecule has 0 amide bonds. The van der Waals surface area contributed by atoms with Crippen LogP contribution in [0.15, 0.2) is 18.3 Å². The zero-order valence-corrected chi connectivity index (χ0v) is 8.25. The lowest BCUT2D eigenvalue weighted by molar-refractivity contribution is -0.0992. The maximum absolute atomic E-state index is 5.90. The van der Waals surface area contributed by atoms with Gasteiger partial charge in [-0.25, -0.2) is 0 Å². The summed E-state index contributed by atoms with van der Waals surface area (Å²) in [6, 6.07) is 4.22. The van der Waals surface area contributed by atoms with Crippen molar-refractivity contribution in [3.63, 3.8) is 0 Å². The van der Waals surface area contributed by atoms with Crippen LogP contribution in [0.4, 0.5) is 0 Å². The minimum atomic E-state index is 0.200. The van der Waals surface area contributed by atoms with Crippen LogP contribution in [0.1, 0.15) is 18.5 Å². The Morgan fingerprint density at radius 2 is 2.21 bits per heavy atom. The van der Waals surface area contributed by atoms with Crippen molar-refractivity contribution in [2.24, 2.45) is 11.1 Å². The third-order valence-electron chi connectivity index (χ3n) is 4.07. The molecule has 0 bridgehead atoms. The SMILES string of the molecule is NCC1(C2(c3ccc[nH]3)COC2)CC1. The Morgan fingerprint density at radius 3 is 2.57 bits per heavy atom. The van der Waals surface area contributed by atoms with Gasteiger partial charge in [-0.15, -0.1) is 0 Å². The van der Waals surface area contributed by atoms with Gasteiger partial charge in [-0.1, -0.05) is 0 Å².